The highest BCUT2D eigenvalue weighted by molar-refractivity contribution is 5.94. The van der Waals surface area contributed by atoms with E-state index >= 15 is 0 Å². The van der Waals surface area contributed by atoms with E-state index in [1.807, 2.05) is 31.2 Å². The minimum atomic E-state index is 0.293. The third-order valence-electron chi connectivity index (χ3n) is 2.31. The molecular formula is C13H12O. The van der Waals surface area contributed by atoms with E-state index in [4.69, 9.17) is 0 Å². The summed E-state index contributed by atoms with van der Waals surface area (Å²) in [5.74, 6) is 0.293. The fraction of sp³-hybridized carbons (Fsp3) is 0.0769. The Bertz CT molecular complexity index is 498. The van der Waals surface area contributed by atoms with Gasteiger partial charge in [-0.25, -0.2) is 0 Å². The monoisotopic (exact) mass is 184 g/mol. The van der Waals surface area contributed by atoms with Crippen LogP contribution in [0.4, 0.5) is 0 Å². The van der Waals surface area contributed by atoms with Gasteiger partial charge >= 0.3 is 0 Å². The fourth-order valence-electron chi connectivity index (χ4n) is 1.65. The molecule has 0 saturated carbocycles. The number of phenols is 1. The van der Waals surface area contributed by atoms with E-state index in [0.717, 1.165) is 21.9 Å². The number of allylic oxidation sites excluding steroid dienone is 1. The molecule has 0 aliphatic heterocycles. The second-order valence-electron chi connectivity index (χ2n) is 3.49. The van der Waals surface area contributed by atoms with Crippen molar-refractivity contribution in [1.29, 1.82) is 0 Å². The Labute approximate surface area is 83.3 Å². The largest absolute Gasteiger partial charge is 0.508 e. The van der Waals surface area contributed by atoms with E-state index in [1.54, 1.807) is 12.1 Å². The van der Waals surface area contributed by atoms with E-state index in [-0.39, 0.29) is 0 Å². The minimum absolute atomic E-state index is 0.293. The molecule has 0 spiro atoms. The fourth-order valence-corrected chi connectivity index (χ4v) is 1.65. The lowest BCUT2D eigenvalue weighted by molar-refractivity contribution is 0.476. The van der Waals surface area contributed by atoms with E-state index in [9.17, 15) is 5.11 Å². The SMILES string of the molecule is C=C(C)c1cc(O)cc2ccccc12. The highest BCUT2D eigenvalue weighted by atomic mass is 16.3. The molecule has 0 aromatic heterocycles. The second kappa shape index (κ2) is 3.18. The van der Waals surface area contributed by atoms with E-state index < -0.39 is 0 Å². The molecule has 0 heterocycles. The van der Waals surface area contributed by atoms with Crippen LogP contribution in [0.25, 0.3) is 16.3 Å². The second-order valence-corrected chi connectivity index (χ2v) is 3.49. The normalized spacial score (nSPS) is 10.4. The molecule has 0 aliphatic rings. The lowest BCUT2D eigenvalue weighted by Crippen LogP contribution is -1.82. The molecule has 14 heavy (non-hydrogen) atoms. The first-order chi connectivity index (χ1) is 6.68. The van der Waals surface area contributed by atoms with Crippen molar-refractivity contribution in [2.75, 3.05) is 0 Å². The van der Waals surface area contributed by atoms with Crippen molar-refractivity contribution in [3.63, 3.8) is 0 Å². The number of fused-ring (bicyclic) bond motifs is 1. The maximum Gasteiger partial charge on any atom is 0.116 e. The number of benzene rings is 2. The lowest BCUT2D eigenvalue weighted by Gasteiger charge is -2.06. The van der Waals surface area contributed by atoms with Crippen LogP contribution in [0.2, 0.25) is 0 Å². The number of phenolic OH excluding ortho intramolecular Hbond substituents is 1. The predicted octanol–water partition coefficient (Wildman–Crippen LogP) is 3.58. The van der Waals surface area contributed by atoms with Gasteiger partial charge in [0.25, 0.3) is 0 Å². The molecule has 0 saturated heterocycles. The van der Waals surface area contributed by atoms with E-state index in [2.05, 4.69) is 6.58 Å². The number of rotatable bonds is 1. The van der Waals surface area contributed by atoms with Gasteiger partial charge in [0, 0.05) is 0 Å². The maximum absolute atomic E-state index is 9.52. The van der Waals surface area contributed by atoms with Gasteiger partial charge in [0.2, 0.25) is 0 Å². The van der Waals surface area contributed by atoms with Crippen LogP contribution in [0.15, 0.2) is 43.0 Å². The van der Waals surface area contributed by atoms with Crippen LogP contribution in [0.3, 0.4) is 0 Å². The van der Waals surface area contributed by atoms with E-state index in [1.165, 1.54) is 0 Å². The molecule has 0 fully saturated rings. The highest BCUT2D eigenvalue weighted by Crippen LogP contribution is 2.28. The lowest BCUT2D eigenvalue weighted by atomic mass is 10.00. The van der Waals surface area contributed by atoms with Crippen LogP contribution < -0.4 is 0 Å². The van der Waals surface area contributed by atoms with Crippen molar-refractivity contribution in [3.05, 3.63) is 48.5 Å². The van der Waals surface area contributed by atoms with Gasteiger partial charge in [0.1, 0.15) is 5.75 Å². The van der Waals surface area contributed by atoms with Crippen molar-refractivity contribution in [1.82, 2.24) is 0 Å². The van der Waals surface area contributed by atoms with Crippen LogP contribution in [0.5, 0.6) is 5.75 Å². The summed E-state index contributed by atoms with van der Waals surface area (Å²) in [5, 5.41) is 11.7. The molecule has 0 aliphatic carbocycles. The van der Waals surface area contributed by atoms with Gasteiger partial charge in [0.15, 0.2) is 0 Å². The molecular weight excluding hydrogens is 172 g/mol. The predicted molar refractivity (Wildman–Crippen MR) is 60.3 cm³/mol. The van der Waals surface area contributed by atoms with Gasteiger partial charge in [-0.05, 0) is 35.4 Å². The van der Waals surface area contributed by atoms with Gasteiger partial charge in [-0.15, -0.1) is 0 Å². The quantitative estimate of drug-likeness (QED) is 0.718. The molecule has 0 unspecified atom stereocenters. The minimum Gasteiger partial charge on any atom is -0.508 e. The number of hydrogen-bond acceptors (Lipinski definition) is 1. The molecule has 2 rings (SSSR count). The molecule has 0 atom stereocenters. The first-order valence-electron chi connectivity index (χ1n) is 4.56. The molecule has 1 heteroatoms. The summed E-state index contributed by atoms with van der Waals surface area (Å²) in [5.41, 5.74) is 1.98. The Kier molecular flexibility index (Phi) is 2.01. The smallest absolute Gasteiger partial charge is 0.116 e. The zero-order chi connectivity index (χ0) is 10.1. The van der Waals surface area contributed by atoms with Gasteiger partial charge in [-0.2, -0.15) is 0 Å². The Hall–Kier alpha value is -1.76. The first-order valence-corrected chi connectivity index (χ1v) is 4.56. The molecule has 2 aromatic rings. The summed E-state index contributed by atoms with van der Waals surface area (Å²) >= 11 is 0. The zero-order valence-corrected chi connectivity index (χ0v) is 8.12. The summed E-state index contributed by atoms with van der Waals surface area (Å²) < 4.78 is 0. The molecule has 1 N–H and O–H groups in total. The summed E-state index contributed by atoms with van der Waals surface area (Å²) in [7, 11) is 0. The zero-order valence-electron chi connectivity index (χ0n) is 8.12. The van der Waals surface area contributed by atoms with Crippen LogP contribution >= 0.6 is 0 Å². The Morgan fingerprint density at radius 3 is 2.64 bits per heavy atom. The third kappa shape index (κ3) is 1.37. The molecule has 0 radical (unpaired) electrons. The van der Waals surface area contributed by atoms with Gasteiger partial charge in [-0.3, -0.25) is 0 Å². The Morgan fingerprint density at radius 2 is 1.93 bits per heavy atom. The highest BCUT2D eigenvalue weighted by Gasteiger charge is 2.02. The van der Waals surface area contributed by atoms with Crippen LogP contribution in [0, 0.1) is 0 Å². The maximum atomic E-state index is 9.52. The molecule has 70 valence electrons. The van der Waals surface area contributed by atoms with Gasteiger partial charge in [-0.1, -0.05) is 36.4 Å². The molecule has 1 nitrogen and oxygen atoms in total. The average Bonchev–Trinajstić information content (AvgIpc) is 2.16. The standard InChI is InChI=1S/C13H12O/c1-9(2)13-8-11(14)7-10-5-3-4-6-12(10)13/h3-8,14H,1H2,2H3. The van der Waals surface area contributed by atoms with Crippen molar-refractivity contribution < 1.29 is 5.11 Å². The number of aromatic hydroxyl groups is 1. The van der Waals surface area contributed by atoms with E-state index in [0.29, 0.717) is 5.75 Å². The molecule has 0 bridgehead atoms. The van der Waals surface area contributed by atoms with Crippen LogP contribution in [-0.2, 0) is 0 Å². The van der Waals surface area contributed by atoms with Gasteiger partial charge in [0.05, 0.1) is 0 Å². The van der Waals surface area contributed by atoms with Gasteiger partial charge < -0.3 is 5.11 Å². The van der Waals surface area contributed by atoms with Crippen molar-refractivity contribution in [2.24, 2.45) is 0 Å². The third-order valence-corrected chi connectivity index (χ3v) is 2.31. The van der Waals surface area contributed by atoms with Crippen LogP contribution in [0.1, 0.15) is 12.5 Å². The number of hydrogen-bond donors (Lipinski definition) is 1. The molecule has 2 aromatic carbocycles. The van der Waals surface area contributed by atoms with Crippen molar-refractivity contribution in [2.45, 2.75) is 6.92 Å². The van der Waals surface area contributed by atoms with Crippen molar-refractivity contribution in [3.8, 4) is 5.75 Å². The molecule has 0 amide bonds. The average molecular weight is 184 g/mol. The summed E-state index contributed by atoms with van der Waals surface area (Å²) in [4.78, 5) is 0. The first kappa shape index (κ1) is 8.82. The topological polar surface area (TPSA) is 20.2 Å². The summed E-state index contributed by atoms with van der Waals surface area (Å²) in [6.07, 6.45) is 0. The Balaban J connectivity index is 2.87. The van der Waals surface area contributed by atoms with Crippen molar-refractivity contribution >= 4 is 16.3 Å². The Morgan fingerprint density at radius 1 is 1.21 bits per heavy atom. The summed E-state index contributed by atoms with van der Waals surface area (Å²) in [6, 6.07) is 11.5. The summed E-state index contributed by atoms with van der Waals surface area (Å²) in [6.45, 7) is 5.85. The van der Waals surface area contributed by atoms with Crippen LogP contribution in [-0.4, -0.2) is 5.11 Å².